The second-order valence-corrected chi connectivity index (χ2v) is 4.46. The van der Waals surface area contributed by atoms with Crippen LogP contribution in [-0.4, -0.2) is 27.3 Å². The lowest BCUT2D eigenvalue weighted by Crippen LogP contribution is -2.34. The Morgan fingerprint density at radius 2 is 2.12 bits per heavy atom. The molecule has 2 N–H and O–H groups in total. The van der Waals surface area contributed by atoms with Gasteiger partial charge in [-0.05, 0) is 23.5 Å². The van der Waals surface area contributed by atoms with Crippen LogP contribution in [0.1, 0.15) is 11.3 Å². The second kappa shape index (κ2) is 6.44. The van der Waals surface area contributed by atoms with Crippen molar-refractivity contribution in [2.75, 3.05) is 6.61 Å². The minimum absolute atomic E-state index is 0.0547. The summed E-state index contributed by atoms with van der Waals surface area (Å²) >= 11 is 1.34. The summed E-state index contributed by atoms with van der Waals surface area (Å²) in [5.74, 6) is 0. The van der Waals surface area contributed by atoms with E-state index in [4.69, 9.17) is 0 Å². The van der Waals surface area contributed by atoms with Crippen molar-refractivity contribution in [1.29, 1.82) is 0 Å². The monoisotopic (exact) mass is 249 g/mol. The van der Waals surface area contributed by atoms with Crippen molar-refractivity contribution in [2.24, 2.45) is 0 Å². The Kier molecular flexibility index (Phi) is 4.61. The normalized spacial score (nSPS) is 12.5. The third-order valence-electron chi connectivity index (χ3n) is 2.52. The van der Waals surface area contributed by atoms with Crippen molar-refractivity contribution in [2.45, 2.75) is 19.0 Å². The highest BCUT2D eigenvalue weighted by Crippen LogP contribution is 2.04. The molecule has 0 bridgehead atoms. The average molecular weight is 249 g/mol. The first-order valence-corrected chi connectivity index (χ1v) is 6.36. The highest BCUT2D eigenvalue weighted by molar-refractivity contribution is 7.03. The van der Waals surface area contributed by atoms with Crippen molar-refractivity contribution in [1.82, 2.24) is 14.9 Å². The molecule has 1 aromatic carbocycles. The fourth-order valence-electron chi connectivity index (χ4n) is 1.61. The molecule has 0 saturated heterocycles. The molecule has 0 radical (unpaired) electrons. The number of aliphatic hydroxyl groups is 1. The zero-order valence-corrected chi connectivity index (χ0v) is 10.2. The van der Waals surface area contributed by atoms with Gasteiger partial charge < -0.3 is 10.4 Å². The fraction of sp³-hybridized carbons (Fsp3) is 0.333. The van der Waals surface area contributed by atoms with Crippen LogP contribution in [0.2, 0.25) is 0 Å². The van der Waals surface area contributed by atoms with Crippen LogP contribution < -0.4 is 5.32 Å². The van der Waals surface area contributed by atoms with Crippen molar-refractivity contribution in [3.8, 4) is 0 Å². The second-order valence-electron chi connectivity index (χ2n) is 3.85. The number of hydrogen-bond acceptors (Lipinski definition) is 5. The number of benzene rings is 1. The standard InChI is InChI=1S/C12H15N3OS/c16-8-11(6-10-4-2-1-3-5-10)13-7-12-9-17-15-14-12/h1-5,9,11,13,16H,6-8H2/t11-/m0/s1. The molecule has 0 saturated carbocycles. The lowest BCUT2D eigenvalue weighted by atomic mass is 10.1. The first-order valence-electron chi connectivity index (χ1n) is 5.52. The van der Waals surface area contributed by atoms with Crippen LogP contribution in [0.5, 0.6) is 0 Å². The molecule has 17 heavy (non-hydrogen) atoms. The molecule has 5 heteroatoms. The third kappa shape index (κ3) is 3.89. The minimum atomic E-state index is 0.0547. The summed E-state index contributed by atoms with van der Waals surface area (Å²) < 4.78 is 3.80. The van der Waals surface area contributed by atoms with Crippen molar-refractivity contribution >= 4 is 11.5 Å². The van der Waals surface area contributed by atoms with E-state index in [-0.39, 0.29) is 12.6 Å². The maximum Gasteiger partial charge on any atom is 0.0893 e. The lowest BCUT2D eigenvalue weighted by molar-refractivity contribution is 0.240. The molecule has 0 amide bonds. The van der Waals surface area contributed by atoms with E-state index < -0.39 is 0 Å². The van der Waals surface area contributed by atoms with Gasteiger partial charge in [-0.1, -0.05) is 34.8 Å². The summed E-state index contributed by atoms with van der Waals surface area (Å²) in [4.78, 5) is 0. The van der Waals surface area contributed by atoms with Gasteiger partial charge in [0.05, 0.1) is 12.3 Å². The van der Waals surface area contributed by atoms with Crippen molar-refractivity contribution < 1.29 is 5.11 Å². The maximum absolute atomic E-state index is 9.32. The molecule has 0 aliphatic heterocycles. The van der Waals surface area contributed by atoms with Gasteiger partial charge in [-0.3, -0.25) is 0 Å². The minimum Gasteiger partial charge on any atom is -0.395 e. The van der Waals surface area contributed by atoms with E-state index in [1.54, 1.807) is 0 Å². The first kappa shape index (κ1) is 12.2. The zero-order valence-electron chi connectivity index (χ0n) is 9.41. The molecular formula is C12H15N3OS. The first-order chi connectivity index (χ1) is 8.38. The van der Waals surface area contributed by atoms with E-state index in [9.17, 15) is 5.11 Å². The number of hydrogen-bond donors (Lipinski definition) is 2. The summed E-state index contributed by atoms with van der Waals surface area (Å²) in [5, 5.41) is 18.5. The number of nitrogens with zero attached hydrogens (tertiary/aromatic N) is 2. The predicted molar refractivity (Wildman–Crippen MR) is 67.8 cm³/mol. The average Bonchev–Trinajstić information content (AvgIpc) is 2.89. The van der Waals surface area contributed by atoms with Crippen LogP contribution >= 0.6 is 11.5 Å². The highest BCUT2D eigenvalue weighted by atomic mass is 32.1. The van der Waals surface area contributed by atoms with Crippen LogP contribution in [0.3, 0.4) is 0 Å². The van der Waals surface area contributed by atoms with E-state index in [0.29, 0.717) is 6.54 Å². The Hall–Kier alpha value is -1.30. The van der Waals surface area contributed by atoms with Gasteiger partial charge in [0.15, 0.2) is 0 Å². The van der Waals surface area contributed by atoms with Gasteiger partial charge in [-0.2, -0.15) is 0 Å². The van der Waals surface area contributed by atoms with Crippen molar-refractivity contribution in [3.05, 3.63) is 47.0 Å². The quantitative estimate of drug-likeness (QED) is 0.808. The summed E-state index contributed by atoms with van der Waals surface area (Å²) in [6, 6.07) is 10.2. The molecule has 0 aliphatic rings. The fourth-order valence-corrected chi connectivity index (χ4v) is 2.06. The highest BCUT2D eigenvalue weighted by Gasteiger charge is 2.08. The molecule has 1 aromatic heterocycles. The SMILES string of the molecule is OC[C@H](Cc1ccccc1)NCc1csnn1. The van der Waals surface area contributed by atoms with Gasteiger partial charge in [-0.15, -0.1) is 5.10 Å². The third-order valence-corrected chi connectivity index (χ3v) is 3.08. The van der Waals surface area contributed by atoms with Crippen molar-refractivity contribution in [3.63, 3.8) is 0 Å². The van der Waals surface area contributed by atoms with Gasteiger partial charge in [-0.25, -0.2) is 0 Å². The number of aliphatic hydroxyl groups excluding tert-OH is 1. The summed E-state index contributed by atoms with van der Waals surface area (Å²) in [7, 11) is 0. The van der Waals surface area contributed by atoms with E-state index >= 15 is 0 Å². The number of rotatable bonds is 6. The lowest BCUT2D eigenvalue weighted by Gasteiger charge is -2.15. The van der Waals surface area contributed by atoms with Crippen LogP contribution in [0.25, 0.3) is 0 Å². The van der Waals surface area contributed by atoms with Gasteiger partial charge in [0, 0.05) is 18.0 Å². The van der Waals surface area contributed by atoms with E-state index in [1.165, 1.54) is 17.1 Å². The number of nitrogens with one attached hydrogen (secondary N) is 1. The van der Waals surface area contributed by atoms with Crippen LogP contribution in [0, 0.1) is 0 Å². The molecule has 2 aromatic rings. The van der Waals surface area contributed by atoms with Crippen LogP contribution in [0.4, 0.5) is 0 Å². The largest absolute Gasteiger partial charge is 0.395 e. The maximum atomic E-state index is 9.32. The molecule has 0 fully saturated rings. The van der Waals surface area contributed by atoms with Gasteiger partial charge in [0.25, 0.3) is 0 Å². The Labute approximate surface area is 104 Å². The Balaban J connectivity index is 1.85. The summed E-state index contributed by atoms with van der Waals surface area (Å²) in [6.07, 6.45) is 0.814. The van der Waals surface area contributed by atoms with Gasteiger partial charge in [0.2, 0.25) is 0 Å². The predicted octanol–water partition coefficient (Wildman–Crippen LogP) is 1.23. The molecule has 4 nitrogen and oxygen atoms in total. The smallest absolute Gasteiger partial charge is 0.0893 e. The molecule has 1 heterocycles. The molecule has 0 aliphatic carbocycles. The van der Waals surface area contributed by atoms with E-state index in [0.717, 1.165) is 12.1 Å². The van der Waals surface area contributed by atoms with Gasteiger partial charge in [0.1, 0.15) is 0 Å². The molecule has 90 valence electrons. The van der Waals surface area contributed by atoms with Crippen LogP contribution in [-0.2, 0) is 13.0 Å². The molecular weight excluding hydrogens is 234 g/mol. The Bertz CT molecular complexity index is 419. The van der Waals surface area contributed by atoms with Gasteiger partial charge >= 0.3 is 0 Å². The Morgan fingerprint density at radius 3 is 2.76 bits per heavy atom. The van der Waals surface area contributed by atoms with E-state index in [1.807, 2.05) is 23.6 Å². The summed E-state index contributed by atoms with van der Waals surface area (Å²) in [6.45, 7) is 0.765. The van der Waals surface area contributed by atoms with E-state index in [2.05, 4.69) is 27.0 Å². The van der Waals surface area contributed by atoms with Crippen LogP contribution in [0.15, 0.2) is 35.7 Å². The topological polar surface area (TPSA) is 58.0 Å². The molecule has 2 rings (SSSR count). The summed E-state index contributed by atoms with van der Waals surface area (Å²) in [5.41, 5.74) is 2.14. The molecule has 1 atom stereocenters. The zero-order chi connectivity index (χ0) is 11.9. The molecule has 0 unspecified atom stereocenters. The number of aromatic nitrogens is 2. The molecule has 0 spiro atoms. The Morgan fingerprint density at radius 1 is 1.29 bits per heavy atom.